The molecule has 0 unspecified atom stereocenters. The van der Waals surface area contributed by atoms with Crippen LogP contribution in [0.25, 0.3) is 0 Å². The molecule has 1 heterocycles. The second-order valence-electron chi connectivity index (χ2n) is 5.79. The van der Waals surface area contributed by atoms with Crippen LogP contribution < -0.4 is 5.73 Å². The monoisotopic (exact) mass is 288 g/mol. The maximum Gasteiger partial charge on any atom is 0.404 e. The van der Waals surface area contributed by atoms with Crippen LogP contribution in [0.1, 0.15) is 47.5 Å². The van der Waals surface area contributed by atoms with Gasteiger partial charge >= 0.3 is 6.09 Å². The van der Waals surface area contributed by atoms with E-state index in [1.807, 2.05) is 29.2 Å². The molecule has 1 saturated carbocycles. The summed E-state index contributed by atoms with van der Waals surface area (Å²) in [5, 5.41) is 0. The van der Waals surface area contributed by atoms with E-state index in [4.69, 9.17) is 10.5 Å². The van der Waals surface area contributed by atoms with E-state index in [1.54, 1.807) is 0 Å². The lowest BCUT2D eigenvalue weighted by Crippen LogP contribution is -2.35. The molecule has 2 N–H and O–H groups in total. The fourth-order valence-electron chi connectivity index (χ4n) is 2.95. The zero-order chi connectivity index (χ0) is 14.8. The first-order valence-electron chi connectivity index (χ1n) is 7.50. The molecule has 2 atom stereocenters. The molecule has 0 aromatic heterocycles. The molecule has 1 aliphatic heterocycles. The van der Waals surface area contributed by atoms with Gasteiger partial charge in [0.25, 0.3) is 5.91 Å². The van der Waals surface area contributed by atoms with E-state index < -0.39 is 6.09 Å². The van der Waals surface area contributed by atoms with Gasteiger partial charge in [-0.1, -0.05) is 12.1 Å². The van der Waals surface area contributed by atoms with E-state index in [-0.39, 0.29) is 17.9 Å². The van der Waals surface area contributed by atoms with Crippen molar-refractivity contribution in [3.05, 3.63) is 35.4 Å². The summed E-state index contributed by atoms with van der Waals surface area (Å²) in [7, 11) is 0. The van der Waals surface area contributed by atoms with Crippen molar-refractivity contribution >= 4 is 12.0 Å². The van der Waals surface area contributed by atoms with Crippen LogP contribution in [0, 0.1) is 0 Å². The molecule has 0 radical (unpaired) electrons. The van der Waals surface area contributed by atoms with E-state index in [0.717, 1.165) is 43.5 Å². The number of piperidine rings is 1. The van der Waals surface area contributed by atoms with Crippen molar-refractivity contribution in [3.63, 3.8) is 0 Å². The number of carbonyl (C=O) groups excluding carboxylic acids is 2. The molecular formula is C16H20N2O3. The molecule has 5 heteroatoms. The Labute approximate surface area is 124 Å². The smallest absolute Gasteiger partial charge is 0.404 e. The van der Waals surface area contributed by atoms with E-state index in [2.05, 4.69) is 0 Å². The van der Waals surface area contributed by atoms with Gasteiger partial charge in [-0.25, -0.2) is 4.79 Å². The number of primary amides is 1. The molecule has 1 saturated heterocycles. The summed E-state index contributed by atoms with van der Waals surface area (Å²) in [6.45, 7) is 1.72. The molecule has 2 amide bonds. The maximum absolute atomic E-state index is 12.3. The molecule has 0 spiro atoms. The fraction of sp³-hybridized carbons (Fsp3) is 0.500. The molecule has 3 rings (SSSR count). The Hall–Kier alpha value is -2.04. The topological polar surface area (TPSA) is 72.6 Å². The van der Waals surface area contributed by atoms with Gasteiger partial charge < -0.3 is 15.4 Å². The summed E-state index contributed by atoms with van der Waals surface area (Å²) >= 11 is 0. The number of benzene rings is 1. The Kier molecular flexibility index (Phi) is 3.82. The summed E-state index contributed by atoms with van der Waals surface area (Å²) in [4.78, 5) is 25.0. The highest BCUT2D eigenvalue weighted by molar-refractivity contribution is 5.94. The lowest BCUT2D eigenvalue weighted by Gasteiger charge is -2.26. The number of carbonyl (C=O) groups is 2. The highest BCUT2D eigenvalue weighted by Crippen LogP contribution is 2.43. The Morgan fingerprint density at radius 2 is 1.76 bits per heavy atom. The van der Waals surface area contributed by atoms with Crippen molar-refractivity contribution in [2.75, 3.05) is 13.1 Å². The molecule has 1 aliphatic carbocycles. The molecule has 0 bridgehead atoms. The van der Waals surface area contributed by atoms with E-state index >= 15 is 0 Å². The van der Waals surface area contributed by atoms with Crippen LogP contribution in [0.4, 0.5) is 4.79 Å². The predicted octanol–water partition coefficient (Wildman–Crippen LogP) is 2.26. The summed E-state index contributed by atoms with van der Waals surface area (Å²) < 4.78 is 4.96. The first-order valence-corrected chi connectivity index (χ1v) is 7.50. The third-order valence-electron chi connectivity index (χ3n) is 4.23. The number of amides is 2. The quantitative estimate of drug-likeness (QED) is 0.927. The van der Waals surface area contributed by atoms with Crippen LogP contribution in [-0.2, 0) is 4.74 Å². The van der Waals surface area contributed by atoms with Crippen LogP contribution in [0.15, 0.2) is 24.3 Å². The van der Waals surface area contributed by atoms with Gasteiger partial charge in [-0.05, 0) is 43.4 Å². The van der Waals surface area contributed by atoms with Crippen molar-refractivity contribution in [2.24, 2.45) is 5.73 Å². The molecular weight excluding hydrogens is 268 g/mol. The predicted molar refractivity (Wildman–Crippen MR) is 78.0 cm³/mol. The highest BCUT2D eigenvalue weighted by Gasteiger charge is 2.41. The summed E-state index contributed by atoms with van der Waals surface area (Å²) in [5.41, 5.74) is 6.83. The normalized spacial score (nSPS) is 24.5. The number of nitrogens with zero attached hydrogens (tertiary/aromatic N) is 1. The second-order valence-corrected chi connectivity index (χ2v) is 5.79. The average Bonchev–Trinajstić information content (AvgIpc) is 3.26. The minimum atomic E-state index is -0.723. The standard InChI is InChI=1S/C16H20N2O3/c17-16(20)21-14-10-13(14)11-4-6-12(7-5-11)15(19)18-8-2-1-3-9-18/h4-7,13-14H,1-3,8-10H2,(H2,17,20)/t13-,14+/m0/s1. The molecule has 2 aliphatic rings. The van der Waals surface area contributed by atoms with Crippen LogP contribution in [-0.4, -0.2) is 36.1 Å². The Morgan fingerprint density at radius 1 is 1.10 bits per heavy atom. The first kappa shape index (κ1) is 13.9. The second kappa shape index (κ2) is 5.76. The van der Waals surface area contributed by atoms with Crippen molar-refractivity contribution in [3.8, 4) is 0 Å². The fourth-order valence-corrected chi connectivity index (χ4v) is 2.95. The zero-order valence-corrected chi connectivity index (χ0v) is 12.0. The zero-order valence-electron chi connectivity index (χ0n) is 12.0. The lowest BCUT2D eigenvalue weighted by atomic mass is 10.1. The molecule has 21 heavy (non-hydrogen) atoms. The van der Waals surface area contributed by atoms with Crippen LogP contribution in [0.5, 0.6) is 0 Å². The number of ether oxygens (including phenoxy) is 1. The van der Waals surface area contributed by atoms with Crippen molar-refractivity contribution in [2.45, 2.75) is 37.7 Å². The highest BCUT2D eigenvalue weighted by atomic mass is 16.6. The Balaban J connectivity index is 1.62. The van der Waals surface area contributed by atoms with Gasteiger partial charge in [0, 0.05) is 24.6 Å². The van der Waals surface area contributed by atoms with E-state index in [0.29, 0.717) is 0 Å². The van der Waals surface area contributed by atoms with Crippen molar-refractivity contribution in [1.29, 1.82) is 0 Å². The van der Waals surface area contributed by atoms with Gasteiger partial charge in [-0.2, -0.15) is 0 Å². The van der Waals surface area contributed by atoms with E-state index in [1.165, 1.54) is 6.42 Å². The summed E-state index contributed by atoms with van der Waals surface area (Å²) in [5.74, 6) is 0.332. The minimum absolute atomic E-state index is 0.105. The SMILES string of the molecule is NC(=O)O[C@@H]1C[C@H]1c1ccc(C(=O)N2CCCCC2)cc1. The number of hydrogen-bond donors (Lipinski definition) is 1. The first-order chi connectivity index (χ1) is 10.1. The minimum Gasteiger partial charge on any atom is -0.446 e. The van der Waals surface area contributed by atoms with Gasteiger partial charge in [0.2, 0.25) is 0 Å². The molecule has 112 valence electrons. The van der Waals surface area contributed by atoms with E-state index in [9.17, 15) is 9.59 Å². The van der Waals surface area contributed by atoms with Gasteiger partial charge in [-0.15, -0.1) is 0 Å². The summed E-state index contributed by atoms with van der Waals surface area (Å²) in [6, 6.07) is 7.64. The van der Waals surface area contributed by atoms with Gasteiger partial charge in [0.1, 0.15) is 6.10 Å². The van der Waals surface area contributed by atoms with Crippen LogP contribution in [0.2, 0.25) is 0 Å². The lowest BCUT2D eigenvalue weighted by molar-refractivity contribution is 0.0724. The third kappa shape index (κ3) is 3.17. The average molecular weight is 288 g/mol. The molecule has 1 aromatic rings. The molecule has 1 aromatic carbocycles. The van der Waals surface area contributed by atoms with Crippen LogP contribution >= 0.6 is 0 Å². The largest absolute Gasteiger partial charge is 0.446 e. The number of rotatable bonds is 3. The number of nitrogens with two attached hydrogens (primary N) is 1. The summed E-state index contributed by atoms with van der Waals surface area (Å²) in [6.07, 6.45) is 3.38. The molecule has 5 nitrogen and oxygen atoms in total. The third-order valence-corrected chi connectivity index (χ3v) is 4.23. The van der Waals surface area contributed by atoms with Gasteiger partial charge in [-0.3, -0.25) is 4.79 Å². The Bertz CT molecular complexity index is 535. The molecule has 2 fully saturated rings. The van der Waals surface area contributed by atoms with Crippen LogP contribution in [0.3, 0.4) is 0 Å². The van der Waals surface area contributed by atoms with Crippen molar-refractivity contribution < 1.29 is 14.3 Å². The Morgan fingerprint density at radius 3 is 2.38 bits per heavy atom. The van der Waals surface area contributed by atoms with Gasteiger partial charge in [0.15, 0.2) is 0 Å². The number of likely N-dealkylation sites (tertiary alicyclic amines) is 1. The maximum atomic E-state index is 12.3. The van der Waals surface area contributed by atoms with Crippen molar-refractivity contribution in [1.82, 2.24) is 4.90 Å². The van der Waals surface area contributed by atoms with Gasteiger partial charge in [0.05, 0.1) is 0 Å². The number of hydrogen-bond acceptors (Lipinski definition) is 3.